The highest BCUT2D eigenvalue weighted by Crippen LogP contribution is 2.25. The quantitative estimate of drug-likeness (QED) is 0.909. The van der Waals surface area contributed by atoms with Gasteiger partial charge in [-0.1, -0.05) is 24.3 Å². The molecule has 0 heterocycles. The summed E-state index contributed by atoms with van der Waals surface area (Å²) in [7, 11) is 1.54. The van der Waals surface area contributed by atoms with Gasteiger partial charge in [-0.2, -0.15) is 0 Å². The van der Waals surface area contributed by atoms with E-state index in [-0.39, 0.29) is 11.6 Å². The molecule has 2 N–H and O–H groups in total. The van der Waals surface area contributed by atoms with Gasteiger partial charge in [0.25, 0.3) is 5.91 Å². The van der Waals surface area contributed by atoms with Crippen LogP contribution in [0.15, 0.2) is 42.5 Å². The first-order valence-corrected chi connectivity index (χ1v) is 6.46. The van der Waals surface area contributed by atoms with Gasteiger partial charge in [0.05, 0.1) is 18.7 Å². The monoisotopic (exact) mass is 289 g/mol. The number of hydrogen-bond acceptors (Lipinski definition) is 3. The zero-order valence-electron chi connectivity index (χ0n) is 11.8. The van der Waals surface area contributed by atoms with Crippen LogP contribution < -0.4 is 10.1 Å². The molecule has 2 aromatic carbocycles. The second-order valence-corrected chi connectivity index (χ2v) is 4.58. The van der Waals surface area contributed by atoms with Crippen LogP contribution in [0.3, 0.4) is 0 Å². The van der Waals surface area contributed by atoms with Gasteiger partial charge in [-0.3, -0.25) is 4.79 Å². The largest absolute Gasteiger partial charge is 0.505 e. The first-order valence-electron chi connectivity index (χ1n) is 6.46. The van der Waals surface area contributed by atoms with Crippen molar-refractivity contribution in [3.8, 4) is 11.5 Å². The van der Waals surface area contributed by atoms with E-state index in [2.05, 4.69) is 5.32 Å². The number of rotatable bonds is 4. The molecule has 1 amide bonds. The second kappa shape index (κ2) is 6.26. The van der Waals surface area contributed by atoms with Gasteiger partial charge in [0.15, 0.2) is 11.6 Å². The summed E-state index contributed by atoms with van der Waals surface area (Å²) in [5.74, 6) is -1.43. The van der Waals surface area contributed by atoms with Crippen LogP contribution in [-0.4, -0.2) is 18.1 Å². The fourth-order valence-electron chi connectivity index (χ4n) is 2.07. The Balaban J connectivity index is 2.21. The van der Waals surface area contributed by atoms with Crippen LogP contribution in [0.1, 0.15) is 28.9 Å². The van der Waals surface area contributed by atoms with Crippen LogP contribution in [0.4, 0.5) is 4.39 Å². The molecule has 1 atom stereocenters. The van der Waals surface area contributed by atoms with E-state index in [1.165, 1.54) is 18.2 Å². The van der Waals surface area contributed by atoms with Crippen molar-refractivity contribution in [2.24, 2.45) is 0 Å². The zero-order valence-corrected chi connectivity index (χ0v) is 11.8. The molecule has 110 valence electrons. The number of para-hydroxylation sites is 1. The van der Waals surface area contributed by atoms with Crippen molar-refractivity contribution in [1.29, 1.82) is 0 Å². The standard InChI is InChI=1S/C16H16FNO3/c1-10(11-6-3-4-9-14(11)21-2)18-16(20)12-7-5-8-13(19)15(12)17/h3-10,19H,1-2H3,(H,18,20). The Labute approximate surface area is 122 Å². The van der Waals surface area contributed by atoms with E-state index < -0.39 is 17.5 Å². The minimum atomic E-state index is -0.928. The van der Waals surface area contributed by atoms with Crippen molar-refractivity contribution < 1.29 is 19.0 Å². The summed E-state index contributed by atoms with van der Waals surface area (Å²) in [6.07, 6.45) is 0. The van der Waals surface area contributed by atoms with Gasteiger partial charge in [-0.05, 0) is 25.1 Å². The Hall–Kier alpha value is -2.56. The Kier molecular flexibility index (Phi) is 4.42. The molecule has 21 heavy (non-hydrogen) atoms. The normalized spacial score (nSPS) is 11.8. The number of amides is 1. The number of methoxy groups -OCH3 is 1. The maximum atomic E-state index is 13.7. The molecular weight excluding hydrogens is 273 g/mol. The lowest BCUT2D eigenvalue weighted by Gasteiger charge is -2.17. The Morgan fingerprint density at radius 3 is 2.67 bits per heavy atom. The number of hydrogen-bond donors (Lipinski definition) is 2. The Morgan fingerprint density at radius 1 is 1.24 bits per heavy atom. The molecule has 2 rings (SSSR count). The predicted molar refractivity (Wildman–Crippen MR) is 76.9 cm³/mol. The van der Waals surface area contributed by atoms with Gasteiger partial charge in [-0.25, -0.2) is 4.39 Å². The molecule has 0 saturated heterocycles. The summed E-state index contributed by atoms with van der Waals surface area (Å²) in [6.45, 7) is 1.77. The minimum Gasteiger partial charge on any atom is -0.505 e. The summed E-state index contributed by atoms with van der Waals surface area (Å²) in [4.78, 5) is 12.1. The maximum Gasteiger partial charge on any atom is 0.254 e. The number of ether oxygens (including phenoxy) is 1. The smallest absolute Gasteiger partial charge is 0.254 e. The van der Waals surface area contributed by atoms with Crippen molar-refractivity contribution in [2.45, 2.75) is 13.0 Å². The number of carbonyl (C=O) groups is 1. The fourth-order valence-corrected chi connectivity index (χ4v) is 2.07. The molecule has 4 nitrogen and oxygen atoms in total. The minimum absolute atomic E-state index is 0.197. The van der Waals surface area contributed by atoms with Gasteiger partial charge in [-0.15, -0.1) is 0 Å². The summed E-state index contributed by atoms with van der Waals surface area (Å²) in [5, 5.41) is 12.0. The number of phenols is 1. The van der Waals surface area contributed by atoms with E-state index in [0.717, 1.165) is 5.56 Å². The number of phenolic OH excluding ortho intramolecular Hbond substituents is 1. The maximum absolute atomic E-state index is 13.7. The summed E-state index contributed by atoms with van der Waals surface area (Å²) in [6, 6.07) is 10.8. The average molecular weight is 289 g/mol. The molecule has 1 unspecified atom stereocenters. The highest BCUT2D eigenvalue weighted by Gasteiger charge is 2.18. The van der Waals surface area contributed by atoms with Gasteiger partial charge < -0.3 is 15.2 Å². The van der Waals surface area contributed by atoms with E-state index >= 15 is 0 Å². The van der Waals surface area contributed by atoms with E-state index in [1.54, 1.807) is 20.1 Å². The Bertz CT molecular complexity index is 658. The van der Waals surface area contributed by atoms with E-state index in [1.807, 2.05) is 18.2 Å². The second-order valence-electron chi connectivity index (χ2n) is 4.58. The molecule has 0 bridgehead atoms. The molecule has 0 aliphatic heterocycles. The lowest BCUT2D eigenvalue weighted by Crippen LogP contribution is -2.27. The van der Waals surface area contributed by atoms with Crippen molar-refractivity contribution in [2.75, 3.05) is 7.11 Å². The molecule has 0 aromatic heterocycles. The molecule has 5 heteroatoms. The van der Waals surface area contributed by atoms with Crippen molar-refractivity contribution in [3.63, 3.8) is 0 Å². The van der Waals surface area contributed by atoms with Crippen LogP contribution in [0, 0.1) is 5.82 Å². The highest BCUT2D eigenvalue weighted by molar-refractivity contribution is 5.95. The summed E-state index contributed by atoms with van der Waals surface area (Å²) >= 11 is 0. The number of aromatic hydroxyl groups is 1. The molecule has 0 radical (unpaired) electrons. The first-order chi connectivity index (χ1) is 10.0. The molecule has 0 aliphatic rings. The predicted octanol–water partition coefficient (Wildman–Crippen LogP) is 3.03. The van der Waals surface area contributed by atoms with Gasteiger partial charge in [0.2, 0.25) is 0 Å². The van der Waals surface area contributed by atoms with E-state index in [4.69, 9.17) is 4.74 Å². The fraction of sp³-hybridized carbons (Fsp3) is 0.188. The van der Waals surface area contributed by atoms with Gasteiger partial charge >= 0.3 is 0 Å². The van der Waals surface area contributed by atoms with Gasteiger partial charge in [0.1, 0.15) is 5.75 Å². The average Bonchev–Trinajstić information content (AvgIpc) is 2.49. The van der Waals surface area contributed by atoms with Crippen LogP contribution in [0.25, 0.3) is 0 Å². The van der Waals surface area contributed by atoms with Crippen molar-refractivity contribution in [1.82, 2.24) is 5.32 Å². The third kappa shape index (κ3) is 3.13. The van der Waals surface area contributed by atoms with E-state index in [0.29, 0.717) is 5.75 Å². The lowest BCUT2D eigenvalue weighted by atomic mass is 10.1. The number of carbonyl (C=O) groups excluding carboxylic acids is 1. The number of benzene rings is 2. The Morgan fingerprint density at radius 2 is 1.95 bits per heavy atom. The number of halogens is 1. The molecule has 2 aromatic rings. The molecule has 0 fully saturated rings. The first kappa shape index (κ1) is 14.8. The van der Waals surface area contributed by atoms with Crippen LogP contribution in [-0.2, 0) is 0 Å². The lowest BCUT2D eigenvalue weighted by molar-refractivity contribution is 0.0934. The van der Waals surface area contributed by atoms with Crippen molar-refractivity contribution in [3.05, 3.63) is 59.4 Å². The van der Waals surface area contributed by atoms with Gasteiger partial charge in [0, 0.05) is 5.56 Å². The third-order valence-electron chi connectivity index (χ3n) is 3.18. The SMILES string of the molecule is COc1ccccc1C(C)NC(=O)c1cccc(O)c1F. The van der Waals surface area contributed by atoms with Crippen LogP contribution >= 0.6 is 0 Å². The van der Waals surface area contributed by atoms with Crippen LogP contribution in [0.2, 0.25) is 0 Å². The van der Waals surface area contributed by atoms with Crippen LogP contribution in [0.5, 0.6) is 11.5 Å². The molecule has 0 aliphatic carbocycles. The number of nitrogens with one attached hydrogen (secondary N) is 1. The van der Waals surface area contributed by atoms with E-state index in [9.17, 15) is 14.3 Å². The third-order valence-corrected chi connectivity index (χ3v) is 3.18. The zero-order chi connectivity index (χ0) is 15.4. The summed E-state index contributed by atoms with van der Waals surface area (Å²) in [5.41, 5.74) is 0.589. The topological polar surface area (TPSA) is 58.6 Å². The molecular formula is C16H16FNO3. The molecule has 0 saturated carbocycles. The highest BCUT2D eigenvalue weighted by atomic mass is 19.1. The molecule has 0 spiro atoms. The summed E-state index contributed by atoms with van der Waals surface area (Å²) < 4.78 is 18.9. The van der Waals surface area contributed by atoms with Crippen molar-refractivity contribution >= 4 is 5.91 Å².